The van der Waals surface area contributed by atoms with Crippen molar-refractivity contribution in [2.75, 3.05) is 45.2 Å². The summed E-state index contributed by atoms with van der Waals surface area (Å²) in [5.41, 5.74) is -3.66. The first-order valence-corrected chi connectivity index (χ1v) is 15.6. The predicted octanol–water partition coefficient (Wildman–Crippen LogP) is 0.417. The number of aliphatic hydroxyl groups is 1. The molecule has 0 amide bonds. The molecule has 0 radical (unpaired) electrons. The maximum atomic E-state index is 12.9. The summed E-state index contributed by atoms with van der Waals surface area (Å²) in [6, 6.07) is 1.08. The summed E-state index contributed by atoms with van der Waals surface area (Å²) < 4.78 is 45.2. The average Bonchev–Trinajstić information content (AvgIpc) is 3.25. The first-order valence-electron chi connectivity index (χ1n) is 11.3. The van der Waals surface area contributed by atoms with Crippen LogP contribution >= 0.6 is 29.4 Å². The third kappa shape index (κ3) is 8.66. The van der Waals surface area contributed by atoms with E-state index in [-0.39, 0.29) is 25.6 Å². The van der Waals surface area contributed by atoms with Gasteiger partial charge in [-0.3, -0.25) is 33.0 Å². The molecule has 0 aromatic carbocycles. The van der Waals surface area contributed by atoms with E-state index in [1.807, 2.05) is 0 Å². The van der Waals surface area contributed by atoms with Crippen LogP contribution in [0.3, 0.4) is 0 Å². The number of aromatic amines is 1. The fourth-order valence-corrected chi connectivity index (χ4v) is 5.14. The molecule has 2 rings (SSSR count). The quantitative estimate of drug-likeness (QED) is 0.0586. The molecule has 1 fully saturated rings. The minimum atomic E-state index is -5.01. The van der Waals surface area contributed by atoms with E-state index in [1.54, 1.807) is 6.26 Å². The Morgan fingerprint density at radius 2 is 1.89 bits per heavy atom. The predicted molar refractivity (Wildman–Crippen MR) is 135 cm³/mol. The Kier molecular flexibility index (Phi) is 13.0. The van der Waals surface area contributed by atoms with Crippen LogP contribution in [0.4, 0.5) is 0 Å². The number of carbonyl (C=O) groups excluding carboxylic acids is 2. The van der Waals surface area contributed by atoms with Crippen molar-refractivity contribution in [3.8, 4) is 0 Å². The van der Waals surface area contributed by atoms with Crippen molar-refractivity contribution in [2.24, 2.45) is 5.41 Å². The molecule has 1 aliphatic heterocycles. The zero-order valence-electron chi connectivity index (χ0n) is 20.9. The van der Waals surface area contributed by atoms with Gasteiger partial charge in [-0.2, -0.15) is 0 Å². The molecular weight excluding hydrogens is 571 g/mol. The molecule has 4 atom stereocenters. The summed E-state index contributed by atoms with van der Waals surface area (Å²) in [5, 5.41) is 9.67. The SMILES string of the molecule is CCOC(=O)C(COCSSC)(COP(=O)(O)OC1C[C@H](n2ccc(=O)[nH]c2=O)O[C@@H]1CO)C(=O)OCC. The molecule has 1 aromatic heterocycles. The number of phosphoric ester groups is 1. The van der Waals surface area contributed by atoms with Crippen molar-refractivity contribution < 1.29 is 52.1 Å². The van der Waals surface area contributed by atoms with E-state index < -0.39 is 74.7 Å². The lowest BCUT2D eigenvalue weighted by molar-refractivity contribution is -0.179. The number of phosphoric acid groups is 1. The molecule has 3 N–H and O–H groups in total. The van der Waals surface area contributed by atoms with Crippen LogP contribution in [0.1, 0.15) is 26.5 Å². The molecular formula is C20H31N2O13PS2. The van der Waals surface area contributed by atoms with E-state index in [0.717, 1.165) is 10.6 Å². The molecule has 0 saturated carbocycles. The van der Waals surface area contributed by atoms with Gasteiger partial charge in [0.25, 0.3) is 5.56 Å². The Bertz CT molecular complexity index is 1080. The second-order valence-electron chi connectivity index (χ2n) is 7.72. The lowest BCUT2D eigenvalue weighted by Crippen LogP contribution is -2.49. The fraction of sp³-hybridized carbons (Fsp3) is 0.700. The van der Waals surface area contributed by atoms with E-state index in [0.29, 0.717) is 0 Å². The summed E-state index contributed by atoms with van der Waals surface area (Å²) in [6.45, 7) is 0.627. The first kappa shape index (κ1) is 32.5. The van der Waals surface area contributed by atoms with Crippen LogP contribution in [0.2, 0.25) is 0 Å². The van der Waals surface area contributed by atoms with Crippen molar-refractivity contribution in [1.29, 1.82) is 0 Å². The third-order valence-corrected chi connectivity index (χ3v) is 7.68. The van der Waals surface area contributed by atoms with Crippen LogP contribution in [0.15, 0.2) is 21.9 Å². The highest BCUT2D eigenvalue weighted by atomic mass is 33.1. The van der Waals surface area contributed by atoms with Crippen LogP contribution in [-0.2, 0) is 42.1 Å². The summed E-state index contributed by atoms with van der Waals surface area (Å²) in [5.74, 6) is -2.08. The minimum Gasteiger partial charge on any atom is -0.465 e. The number of aliphatic hydroxyl groups excluding tert-OH is 1. The second kappa shape index (κ2) is 15.2. The number of esters is 2. The molecule has 216 valence electrons. The molecule has 0 aliphatic carbocycles. The van der Waals surface area contributed by atoms with Crippen molar-refractivity contribution >= 4 is 41.3 Å². The monoisotopic (exact) mass is 602 g/mol. The Labute approximate surface area is 225 Å². The van der Waals surface area contributed by atoms with E-state index >= 15 is 0 Å². The number of hydrogen-bond donors (Lipinski definition) is 3. The van der Waals surface area contributed by atoms with E-state index in [4.69, 9.17) is 28.0 Å². The average molecular weight is 603 g/mol. The topological polar surface area (TPSA) is 202 Å². The molecule has 38 heavy (non-hydrogen) atoms. The van der Waals surface area contributed by atoms with Gasteiger partial charge in [0.15, 0.2) is 0 Å². The van der Waals surface area contributed by atoms with E-state index in [1.165, 1.54) is 41.6 Å². The van der Waals surface area contributed by atoms with Gasteiger partial charge in [0.1, 0.15) is 24.4 Å². The van der Waals surface area contributed by atoms with Crippen molar-refractivity contribution in [3.05, 3.63) is 33.1 Å². The maximum Gasteiger partial charge on any atom is 0.472 e. The Hall–Kier alpha value is -1.69. The molecule has 18 heteroatoms. The molecule has 0 bridgehead atoms. The third-order valence-electron chi connectivity index (χ3n) is 5.19. The van der Waals surface area contributed by atoms with Gasteiger partial charge in [-0.1, -0.05) is 21.6 Å². The highest BCUT2D eigenvalue weighted by Gasteiger charge is 2.52. The molecule has 2 unspecified atom stereocenters. The number of H-pyrrole nitrogens is 1. The van der Waals surface area contributed by atoms with Gasteiger partial charge in [0, 0.05) is 18.7 Å². The van der Waals surface area contributed by atoms with Crippen LogP contribution in [0.5, 0.6) is 0 Å². The highest BCUT2D eigenvalue weighted by Crippen LogP contribution is 2.49. The van der Waals surface area contributed by atoms with Crippen molar-refractivity contribution in [3.63, 3.8) is 0 Å². The van der Waals surface area contributed by atoms with Gasteiger partial charge in [0.05, 0.1) is 33.0 Å². The second-order valence-corrected chi connectivity index (χ2v) is 11.6. The first-order chi connectivity index (χ1) is 18.0. The minimum absolute atomic E-state index is 0.0815. The summed E-state index contributed by atoms with van der Waals surface area (Å²) >= 11 is 0. The Balaban J connectivity index is 2.21. The van der Waals surface area contributed by atoms with Gasteiger partial charge in [-0.25, -0.2) is 9.36 Å². The number of carbonyl (C=O) groups is 2. The zero-order chi connectivity index (χ0) is 28.3. The number of rotatable bonds is 16. The fourth-order valence-electron chi connectivity index (χ4n) is 3.39. The lowest BCUT2D eigenvalue weighted by atomic mass is 9.90. The molecule has 0 spiro atoms. The van der Waals surface area contributed by atoms with E-state index in [9.17, 15) is 33.7 Å². The number of ether oxygens (including phenoxy) is 4. The van der Waals surface area contributed by atoms with Crippen molar-refractivity contribution in [2.45, 2.75) is 38.7 Å². The molecule has 2 heterocycles. The van der Waals surface area contributed by atoms with Gasteiger partial charge in [-0.15, -0.1) is 0 Å². The number of nitrogens with zero attached hydrogens (tertiary/aromatic N) is 1. The molecule has 1 aliphatic rings. The summed E-state index contributed by atoms with van der Waals surface area (Å²) in [6.07, 6.45) is -0.642. The largest absolute Gasteiger partial charge is 0.472 e. The van der Waals surface area contributed by atoms with E-state index in [2.05, 4.69) is 4.98 Å². The van der Waals surface area contributed by atoms with Crippen LogP contribution < -0.4 is 11.2 Å². The van der Waals surface area contributed by atoms with Gasteiger partial charge >= 0.3 is 25.5 Å². The Morgan fingerprint density at radius 1 is 1.24 bits per heavy atom. The van der Waals surface area contributed by atoms with Gasteiger partial charge in [-0.05, 0) is 20.1 Å². The smallest absolute Gasteiger partial charge is 0.465 e. The summed E-state index contributed by atoms with van der Waals surface area (Å²) in [7, 11) is -2.34. The molecule has 1 aromatic rings. The van der Waals surface area contributed by atoms with Crippen LogP contribution in [-0.4, -0.2) is 88.9 Å². The van der Waals surface area contributed by atoms with Crippen LogP contribution in [0, 0.1) is 5.41 Å². The van der Waals surface area contributed by atoms with Crippen molar-refractivity contribution in [1.82, 2.24) is 9.55 Å². The normalized spacial score (nSPS) is 21.1. The number of aromatic nitrogens is 2. The standard InChI is InChI=1S/C20H31N2O13PS2/c1-4-31-17(25)20(18(26)32-5-2,10-30-12-38-37-3)11-33-36(28,29)35-13-8-16(34-14(13)9-23)22-7-6-15(24)21-19(22)27/h6-7,13-14,16,23H,4-5,8-12H2,1-3H3,(H,28,29)(H,21,24,27)/t13?,14-,16-/m1/s1. The Morgan fingerprint density at radius 3 is 2.45 bits per heavy atom. The number of hydrogen-bond acceptors (Lipinski definition) is 14. The van der Waals surface area contributed by atoms with Gasteiger partial charge < -0.3 is 28.9 Å². The molecule has 1 saturated heterocycles. The molecule has 15 nitrogen and oxygen atoms in total. The summed E-state index contributed by atoms with van der Waals surface area (Å²) in [4.78, 5) is 61.6. The number of nitrogens with one attached hydrogen (secondary N) is 1. The van der Waals surface area contributed by atoms with Gasteiger partial charge in [0.2, 0.25) is 5.41 Å². The lowest BCUT2D eigenvalue weighted by Gasteiger charge is -2.29. The maximum absolute atomic E-state index is 12.9. The van der Waals surface area contributed by atoms with Crippen LogP contribution in [0.25, 0.3) is 0 Å². The zero-order valence-corrected chi connectivity index (χ0v) is 23.5. The highest BCUT2D eigenvalue weighted by molar-refractivity contribution is 8.76.